The van der Waals surface area contributed by atoms with Crippen LogP contribution in [0.15, 0.2) is 84.4 Å². The fourth-order valence-electron chi connectivity index (χ4n) is 3.13. The van der Waals surface area contributed by atoms with Crippen LogP contribution in [0.1, 0.15) is 24.2 Å². The Morgan fingerprint density at radius 3 is 2.41 bits per heavy atom. The molecule has 0 fully saturated rings. The van der Waals surface area contributed by atoms with Gasteiger partial charge < -0.3 is 5.32 Å². The van der Waals surface area contributed by atoms with Crippen LogP contribution in [-0.2, 0) is 11.2 Å². The molecular formula is C24H21N3OS. The minimum Gasteiger partial charge on any atom is -0.349 e. The molecule has 2 aromatic heterocycles. The summed E-state index contributed by atoms with van der Waals surface area (Å²) in [5.41, 5.74) is 5.02. The van der Waals surface area contributed by atoms with Gasteiger partial charge in [0, 0.05) is 11.6 Å². The molecule has 1 atom stereocenters. The molecule has 0 aliphatic rings. The summed E-state index contributed by atoms with van der Waals surface area (Å²) >= 11 is 1.51. The number of hydrogen-bond acceptors (Lipinski definition) is 4. The number of rotatable bonds is 6. The van der Waals surface area contributed by atoms with E-state index >= 15 is 0 Å². The predicted octanol–water partition coefficient (Wildman–Crippen LogP) is 5.29. The zero-order valence-corrected chi connectivity index (χ0v) is 16.9. The van der Waals surface area contributed by atoms with Crippen molar-refractivity contribution in [3.63, 3.8) is 0 Å². The average molecular weight is 400 g/mol. The summed E-state index contributed by atoms with van der Waals surface area (Å²) in [4.78, 5) is 21.3. The highest BCUT2D eigenvalue weighted by atomic mass is 32.1. The number of carbonyl (C=O) groups excluding carboxylic acids is 1. The number of amides is 1. The van der Waals surface area contributed by atoms with Crippen LogP contribution in [0.5, 0.6) is 0 Å². The normalized spacial score (nSPS) is 11.8. The van der Waals surface area contributed by atoms with Crippen LogP contribution in [0.4, 0.5) is 0 Å². The number of thiazole rings is 1. The van der Waals surface area contributed by atoms with Crippen LogP contribution in [0.2, 0.25) is 0 Å². The molecule has 144 valence electrons. The van der Waals surface area contributed by atoms with Gasteiger partial charge in [0.1, 0.15) is 5.01 Å². The Labute approximate surface area is 174 Å². The Hall–Kier alpha value is -3.31. The number of hydrogen-bond donors (Lipinski definition) is 1. The molecule has 1 N–H and O–H groups in total. The summed E-state index contributed by atoms with van der Waals surface area (Å²) in [5, 5.41) is 5.81. The van der Waals surface area contributed by atoms with Crippen LogP contribution < -0.4 is 5.32 Å². The molecule has 0 saturated carbocycles. The summed E-state index contributed by atoms with van der Waals surface area (Å²) in [6, 6.07) is 24.2. The van der Waals surface area contributed by atoms with Crippen molar-refractivity contribution in [2.75, 3.05) is 0 Å². The third kappa shape index (κ3) is 4.76. The van der Waals surface area contributed by atoms with E-state index in [0.717, 1.165) is 27.5 Å². The van der Waals surface area contributed by atoms with Crippen LogP contribution in [0.25, 0.3) is 21.8 Å². The highest BCUT2D eigenvalue weighted by Crippen LogP contribution is 2.23. The summed E-state index contributed by atoms with van der Waals surface area (Å²) in [6.07, 6.45) is 2.00. The van der Waals surface area contributed by atoms with E-state index in [-0.39, 0.29) is 18.4 Å². The van der Waals surface area contributed by atoms with E-state index in [1.165, 1.54) is 16.9 Å². The van der Waals surface area contributed by atoms with Gasteiger partial charge in [-0.2, -0.15) is 0 Å². The SMILES string of the molecule is C[C@@H](NC(=O)Cc1csc(-c2ccccn2)n1)c1ccc(-c2ccccc2)cc1. The van der Waals surface area contributed by atoms with Crippen molar-refractivity contribution in [3.05, 3.63) is 95.6 Å². The van der Waals surface area contributed by atoms with Gasteiger partial charge in [0.05, 0.1) is 23.9 Å². The average Bonchev–Trinajstić information content (AvgIpc) is 3.23. The molecular weight excluding hydrogens is 378 g/mol. The van der Waals surface area contributed by atoms with Crippen LogP contribution in [0, 0.1) is 0 Å². The van der Waals surface area contributed by atoms with Crippen molar-refractivity contribution in [2.24, 2.45) is 0 Å². The molecule has 4 aromatic rings. The molecule has 0 radical (unpaired) electrons. The molecule has 0 aliphatic heterocycles. The first-order valence-electron chi connectivity index (χ1n) is 9.49. The van der Waals surface area contributed by atoms with Crippen molar-refractivity contribution in [1.82, 2.24) is 15.3 Å². The van der Waals surface area contributed by atoms with Crippen molar-refractivity contribution in [3.8, 4) is 21.8 Å². The lowest BCUT2D eigenvalue weighted by molar-refractivity contribution is -0.121. The van der Waals surface area contributed by atoms with E-state index in [2.05, 4.69) is 51.7 Å². The zero-order valence-electron chi connectivity index (χ0n) is 16.1. The summed E-state index contributed by atoms with van der Waals surface area (Å²) in [6.45, 7) is 2.00. The molecule has 2 heterocycles. The molecule has 0 spiro atoms. The first kappa shape index (κ1) is 19.0. The van der Waals surface area contributed by atoms with E-state index in [1.807, 2.05) is 48.7 Å². The van der Waals surface area contributed by atoms with Gasteiger partial charge in [-0.05, 0) is 35.7 Å². The molecule has 2 aromatic carbocycles. The lowest BCUT2D eigenvalue weighted by Gasteiger charge is -2.14. The zero-order chi connectivity index (χ0) is 20.1. The van der Waals surface area contributed by atoms with Crippen molar-refractivity contribution < 1.29 is 4.79 Å². The van der Waals surface area contributed by atoms with E-state index in [4.69, 9.17) is 0 Å². The van der Waals surface area contributed by atoms with Gasteiger partial charge in [0.2, 0.25) is 5.91 Å². The summed E-state index contributed by atoms with van der Waals surface area (Å²) in [5.74, 6) is -0.0393. The number of nitrogens with one attached hydrogen (secondary N) is 1. The van der Waals surface area contributed by atoms with Gasteiger partial charge in [-0.25, -0.2) is 4.98 Å². The number of carbonyl (C=O) groups is 1. The molecule has 0 saturated heterocycles. The Kier molecular flexibility index (Phi) is 5.77. The maximum Gasteiger partial charge on any atom is 0.226 e. The Bertz CT molecular complexity index is 1080. The second-order valence-corrected chi connectivity index (χ2v) is 7.67. The van der Waals surface area contributed by atoms with E-state index in [9.17, 15) is 4.79 Å². The lowest BCUT2D eigenvalue weighted by Crippen LogP contribution is -2.28. The van der Waals surface area contributed by atoms with Gasteiger partial charge in [-0.15, -0.1) is 11.3 Å². The maximum absolute atomic E-state index is 12.5. The first-order chi connectivity index (χ1) is 14.2. The third-order valence-electron chi connectivity index (χ3n) is 4.67. The Morgan fingerprint density at radius 1 is 0.966 bits per heavy atom. The van der Waals surface area contributed by atoms with E-state index in [0.29, 0.717) is 0 Å². The highest BCUT2D eigenvalue weighted by molar-refractivity contribution is 7.13. The molecule has 4 nitrogen and oxygen atoms in total. The number of aromatic nitrogens is 2. The lowest BCUT2D eigenvalue weighted by atomic mass is 10.0. The predicted molar refractivity (Wildman–Crippen MR) is 117 cm³/mol. The molecule has 29 heavy (non-hydrogen) atoms. The number of nitrogens with zero attached hydrogens (tertiary/aromatic N) is 2. The van der Waals surface area contributed by atoms with Gasteiger partial charge in [-0.1, -0.05) is 60.7 Å². The molecule has 5 heteroatoms. The van der Waals surface area contributed by atoms with Crippen LogP contribution in [0.3, 0.4) is 0 Å². The Morgan fingerprint density at radius 2 is 1.69 bits per heavy atom. The van der Waals surface area contributed by atoms with E-state index in [1.54, 1.807) is 6.20 Å². The smallest absolute Gasteiger partial charge is 0.226 e. The molecule has 0 bridgehead atoms. The topological polar surface area (TPSA) is 54.9 Å². The highest BCUT2D eigenvalue weighted by Gasteiger charge is 2.13. The van der Waals surface area contributed by atoms with Crippen molar-refractivity contribution >= 4 is 17.2 Å². The minimum atomic E-state index is -0.0683. The van der Waals surface area contributed by atoms with Gasteiger partial charge >= 0.3 is 0 Å². The molecule has 1 amide bonds. The number of pyridine rings is 1. The van der Waals surface area contributed by atoms with Gasteiger partial charge in [-0.3, -0.25) is 9.78 Å². The molecule has 0 aliphatic carbocycles. The summed E-state index contributed by atoms with van der Waals surface area (Å²) in [7, 11) is 0. The maximum atomic E-state index is 12.5. The van der Waals surface area contributed by atoms with Crippen LogP contribution >= 0.6 is 11.3 Å². The second-order valence-electron chi connectivity index (χ2n) is 6.81. The monoisotopic (exact) mass is 399 g/mol. The fourth-order valence-corrected chi connectivity index (χ4v) is 3.93. The van der Waals surface area contributed by atoms with Crippen LogP contribution in [-0.4, -0.2) is 15.9 Å². The first-order valence-corrected chi connectivity index (χ1v) is 10.4. The van der Waals surface area contributed by atoms with Crippen molar-refractivity contribution in [1.29, 1.82) is 0 Å². The standard InChI is InChI=1S/C24H21N3OS/c1-17(18-10-12-20(13-11-18)19-7-3-2-4-8-19)26-23(28)15-21-16-29-24(27-21)22-9-5-6-14-25-22/h2-14,16-17H,15H2,1H3,(H,26,28)/t17-/m1/s1. The fraction of sp³-hybridized carbons (Fsp3) is 0.125. The summed E-state index contributed by atoms with van der Waals surface area (Å²) < 4.78 is 0. The number of benzene rings is 2. The minimum absolute atomic E-state index is 0.0393. The van der Waals surface area contributed by atoms with Gasteiger partial charge in [0.25, 0.3) is 0 Å². The van der Waals surface area contributed by atoms with Gasteiger partial charge in [0.15, 0.2) is 0 Å². The molecule has 4 rings (SSSR count). The molecule has 0 unspecified atom stereocenters. The largest absolute Gasteiger partial charge is 0.349 e. The second kappa shape index (κ2) is 8.80. The van der Waals surface area contributed by atoms with E-state index < -0.39 is 0 Å². The Balaban J connectivity index is 1.37. The quantitative estimate of drug-likeness (QED) is 0.479. The van der Waals surface area contributed by atoms with Crippen molar-refractivity contribution in [2.45, 2.75) is 19.4 Å². The third-order valence-corrected chi connectivity index (χ3v) is 5.59.